The number of fused-ring (bicyclic) bond motifs is 1. The minimum atomic E-state index is -1.01. The summed E-state index contributed by atoms with van der Waals surface area (Å²) < 4.78 is 1.72. The van der Waals surface area contributed by atoms with E-state index in [-0.39, 0.29) is 36.0 Å². The number of imidazole rings is 1. The zero-order valence-corrected chi connectivity index (χ0v) is 21.0. The van der Waals surface area contributed by atoms with Gasteiger partial charge in [-0.3, -0.25) is 0 Å². The normalized spacial score (nSPS) is 21.5. The average molecular weight is 538 g/mol. The van der Waals surface area contributed by atoms with Crippen LogP contribution in [0.4, 0.5) is 5.82 Å². The predicted octanol–water partition coefficient (Wildman–Crippen LogP) is 3.56. The van der Waals surface area contributed by atoms with E-state index in [0.29, 0.717) is 29.9 Å². The first-order valence-corrected chi connectivity index (χ1v) is 11.3. The number of hydrogen-bond acceptors (Lipinski definition) is 7. The SMILES string of the molecule is Cl.Cl.N[C@H]1CC(n2cnc3c(NCC(c4ccccc4)c4ccccc4)nc(Cl)nc32)[C@H](O)[C@@H]1O. The number of hydrogen-bond donors (Lipinski definition) is 4. The number of anilines is 1. The van der Waals surface area contributed by atoms with Crippen molar-refractivity contribution >= 4 is 53.4 Å². The van der Waals surface area contributed by atoms with Gasteiger partial charge in [0, 0.05) is 18.5 Å². The van der Waals surface area contributed by atoms with Gasteiger partial charge in [0.1, 0.15) is 6.10 Å². The maximum atomic E-state index is 10.5. The molecule has 0 radical (unpaired) electrons. The quantitative estimate of drug-likeness (QED) is 0.277. The first kappa shape index (κ1) is 27.1. The summed E-state index contributed by atoms with van der Waals surface area (Å²) in [5.41, 5.74) is 9.33. The average Bonchev–Trinajstić information content (AvgIpc) is 3.36. The monoisotopic (exact) mass is 536 g/mol. The van der Waals surface area contributed by atoms with E-state index >= 15 is 0 Å². The van der Waals surface area contributed by atoms with Crippen LogP contribution in [0.1, 0.15) is 29.5 Å². The molecule has 0 saturated heterocycles. The second-order valence-electron chi connectivity index (χ2n) is 8.37. The van der Waals surface area contributed by atoms with Gasteiger partial charge in [-0.2, -0.15) is 9.97 Å². The van der Waals surface area contributed by atoms with Crippen molar-refractivity contribution in [3.05, 3.63) is 83.4 Å². The molecule has 0 bridgehead atoms. The zero-order chi connectivity index (χ0) is 22.9. The predicted molar refractivity (Wildman–Crippen MR) is 142 cm³/mol. The Morgan fingerprint density at radius 3 is 2.11 bits per heavy atom. The summed E-state index contributed by atoms with van der Waals surface area (Å²) in [7, 11) is 0. The van der Waals surface area contributed by atoms with Crippen molar-refractivity contribution in [3.8, 4) is 0 Å². The Kier molecular flexibility index (Phi) is 8.93. The van der Waals surface area contributed by atoms with Crippen LogP contribution in [0, 0.1) is 0 Å². The van der Waals surface area contributed by atoms with E-state index in [0.717, 1.165) is 0 Å². The molecule has 0 spiro atoms. The van der Waals surface area contributed by atoms with Crippen LogP contribution >= 0.6 is 36.4 Å². The molecule has 1 aliphatic rings. The van der Waals surface area contributed by atoms with E-state index in [1.165, 1.54) is 11.1 Å². The summed E-state index contributed by atoms with van der Waals surface area (Å²) in [6.07, 6.45) is -0.0175. The summed E-state index contributed by atoms with van der Waals surface area (Å²) in [6.45, 7) is 0.568. The standard InChI is InChI=1S/C24H25ClN6O2.2ClH/c25-24-29-22(19-23(30-24)31(13-28-19)18-11-17(26)20(32)21(18)33)27-12-16(14-7-3-1-4-8-14)15-9-5-2-6-10-15;;/h1-10,13,16-18,20-21,32-33H,11-12,26H2,(H,27,29,30);2*1H/t17-,18?,20+,21-;;/m0../s1. The lowest BCUT2D eigenvalue weighted by Gasteiger charge is -2.20. The van der Waals surface area contributed by atoms with Crippen molar-refractivity contribution < 1.29 is 10.2 Å². The van der Waals surface area contributed by atoms with E-state index in [2.05, 4.69) is 44.5 Å². The van der Waals surface area contributed by atoms with Crippen molar-refractivity contribution in [1.29, 1.82) is 0 Å². The summed E-state index contributed by atoms with van der Waals surface area (Å²) >= 11 is 6.26. The molecule has 2 aromatic heterocycles. The second-order valence-corrected chi connectivity index (χ2v) is 8.71. The summed E-state index contributed by atoms with van der Waals surface area (Å²) in [4.78, 5) is 13.2. The minimum Gasteiger partial charge on any atom is -0.389 e. The molecule has 4 aromatic rings. The maximum absolute atomic E-state index is 10.5. The number of rotatable bonds is 6. The first-order valence-electron chi connectivity index (χ1n) is 10.9. The molecule has 35 heavy (non-hydrogen) atoms. The van der Waals surface area contributed by atoms with Gasteiger partial charge in [-0.05, 0) is 29.1 Å². The third kappa shape index (κ3) is 5.38. The summed E-state index contributed by atoms with van der Waals surface area (Å²) in [5.74, 6) is 0.598. The summed E-state index contributed by atoms with van der Waals surface area (Å²) in [6, 6.07) is 19.6. The number of nitrogens with zero attached hydrogens (tertiary/aromatic N) is 4. The number of halogens is 3. The molecule has 1 fully saturated rings. The molecule has 1 saturated carbocycles. The Bertz CT molecular complexity index is 1200. The van der Waals surface area contributed by atoms with E-state index in [1.54, 1.807) is 10.9 Å². The highest BCUT2D eigenvalue weighted by Crippen LogP contribution is 2.34. The molecule has 2 aromatic carbocycles. The van der Waals surface area contributed by atoms with Crippen molar-refractivity contribution in [1.82, 2.24) is 19.5 Å². The molecule has 0 aliphatic heterocycles. The van der Waals surface area contributed by atoms with Crippen molar-refractivity contribution in [2.24, 2.45) is 5.73 Å². The van der Waals surface area contributed by atoms with Crippen LogP contribution in [0.25, 0.3) is 11.2 Å². The number of nitrogens with one attached hydrogen (secondary N) is 1. The molecule has 186 valence electrons. The lowest BCUT2D eigenvalue weighted by atomic mass is 9.91. The lowest BCUT2D eigenvalue weighted by Crippen LogP contribution is -2.35. The van der Waals surface area contributed by atoms with Crippen molar-refractivity contribution in [3.63, 3.8) is 0 Å². The molecule has 0 amide bonds. The van der Waals surface area contributed by atoms with Gasteiger partial charge >= 0.3 is 0 Å². The maximum Gasteiger partial charge on any atom is 0.226 e. The van der Waals surface area contributed by atoms with Gasteiger partial charge in [0.2, 0.25) is 5.28 Å². The van der Waals surface area contributed by atoms with E-state index < -0.39 is 24.3 Å². The molecular formula is C24H27Cl3N6O2. The zero-order valence-electron chi connectivity index (χ0n) is 18.6. The van der Waals surface area contributed by atoms with Crippen LogP contribution < -0.4 is 11.1 Å². The van der Waals surface area contributed by atoms with Crippen molar-refractivity contribution in [2.75, 3.05) is 11.9 Å². The fraction of sp³-hybridized carbons (Fsp3) is 0.292. The number of aliphatic hydroxyl groups excluding tert-OH is 2. The van der Waals surface area contributed by atoms with Gasteiger partial charge in [-0.25, -0.2) is 4.98 Å². The Morgan fingerprint density at radius 2 is 1.57 bits per heavy atom. The fourth-order valence-electron chi connectivity index (χ4n) is 4.57. The second kappa shape index (κ2) is 11.5. The lowest BCUT2D eigenvalue weighted by molar-refractivity contribution is 0.0187. The van der Waals surface area contributed by atoms with Crippen LogP contribution in [0.3, 0.4) is 0 Å². The molecule has 5 N–H and O–H groups in total. The highest BCUT2D eigenvalue weighted by atomic mass is 35.5. The first-order chi connectivity index (χ1) is 16.0. The molecule has 2 heterocycles. The van der Waals surface area contributed by atoms with Gasteiger partial charge in [0.25, 0.3) is 0 Å². The fourth-order valence-corrected chi connectivity index (χ4v) is 4.73. The Balaban J connectivity index is 0.00000171. The molecule has 11 heteroatoms. The number of nitrogens with two attached hydrogens (primary N) is 1. The molecule has 1 unspecified atom stereocenters. The number of aliphatic hydroxyl groups is 2. The van der Waals surface area contributed by atoms with Crippen LogP contribution in [-0.2, 0) is 0 Å². The minimum absolute atomic E-state index is 0. The highest BCUT2D eigenvalue weighted by molar-refractivity contribution is 6.28. The summed E-state index contributed by atoms with van der Waals surface area (Å²) in [5, 5.41) is 24.0. The largest absolute Gasteiger partial charge is 0.389 e. The third-order valence-corrected chi connectivity index (χ3v) is 6.49. The van der Waals surface area contributed by atoms with Crippen molar-refractivity contribution in [2.45, 2.75) is 36.6 Å². The van der Waals surface area contributed by atoms with E-state index in [4.69, 9.17) is 17.3 Å². The Morgan fingerprint density at radius 1 is 0.971 bits per heavy atom. The van der Waals surface area contributed by atoms with Crippen LogP contribution in [0.5, 0.6) is 0 Å². The topological polar surface area (TPSA) is 122 Å². The van der Waals surface area contributed by atoms with Gasteiger partial charge in [-0.1, -0.05) is 60.7 Å². The molecular weight excluding hydrogens is 511 g/mol. The smallest absolute Gasteiger partial charge is 0.226 e. The number of benzene rings is 2. The molecule has 4 atom stereocenters. The molecule has 8 nitrogen and oxygen atoms in total. The molecule has 1 aliphatic carbocycles. The van der Waals surface area contributed by atoms with Crippen LogP contribution in [0.2, 0.25) is 5.28 Å². The van der Waals surface area contributed by atoms with E-state index in [9.17, 15) is 10.2 Å². The number of aromatic nitrogens is 4. The van der Waals surface area contributed by atoms with Gasteiger partial charge in [0.15, 0.2) is 17.0 Å². The Labute approximate surface area is 220 Å². The molecule has 5 rings (SSSR count). The Hall–Kier alpha value is -2.46. The van der Waals surface area contributed by atoms with Gasteiger partial charge in [-0.15, -0.1) is 24.8 Å². The van der Waals surface area contributed by atoms with Crippen LogP contribution in [0.15, 0.2) is 67.0 Å². The van der Waals surface area contributed by atoms with E-state index in [1.807, 2.05) is 36.4 Å². The van der Waals surface area contributed by atoms with Gasteiger partial charge < -0.3 is 25.8 Å². The third-order valence-electron chi connectivity index (χ3n) is 6.33. The van der Waals surface area contributed by atoms with Crippen LogP contribution in [-0.4, -0.2) is 54.5 Å². The highest BCUT2D eigenvalue weighted by Gasteiger charge is 2.41. The van der Waals surface area contributed by atoms with Gasteiger partial charge in [0.05, 0.1) is 18.5 Å².